The molecule has 0 aliphatic heterocycles. The van der Waals surface area contributed by atoms with Crippen LogP contribution in [0.1, 0.15) is 52.4 Å². The van der Waals surface area contributed by atoms with E-state index in [2.05, 4.69) is 13.8 Å². The third-order valence-corrected chi connectivity index (χ3v) is 4.19. The van der Waals surface area contributed by atoms with Gasteiger partial charge < -0.3 is 9.05 Å². The molecule has 0 spiro atoms. The van der Waals surface area contributed by atoms with Crippen LogP contribution in [0.3, 0.4) is 0 Å². The molecular formula is C10H22ClO2PS. The van der Waals surface area contributed by atoms with Crippen molar-refractivity contribution in [2.75, 3.05) is 13.2 Å². The van der Waals surface area contributed by atoms with Gasteiger partial charge in [0.15, 0.2) is 0 Å². The van der Waals surface area contributed by atoms with Crippen molar-refractivity contribution >= 4 is 28.9 Å². The zero-order valence-corrected chi connectivity index (χ0v) is 12.2. The summed E-state index contributed by atoms with van der Waals surface area (Å²) in [6.45, 7) is 5.56. The zero-order chi connectivity index (χ0) is 11.6. The van der Waals surface area contributed by atoms with Gasteiger partial charge in [0, 0.05) is 0 Å². The predicted molar refractivity (Wildman–Crippen MR) is 71.1 cm³/mol. The molecule has 0 aromatic carbocycles. The van der Waals surface area contributed by atoms with Crippen molar-refractivity contribution < 1.29 is 9.05 Å². The van der Waals surface area contributed by atoms with E-state index in [-0.39, 0.29) is 0 Å². The second kappa shape index (κ2) is 10.0. The van der Waals surface area contributed by atoms with E-state index in [0.29, 0.717) is 13.2 Å². The molecule has 0 fully saturated rings. The number of unbranched alkanes of at least 4 members (excludes halogenated alkanes) is 4. The van der Waals surface area contributed by atoms with Gasteiger partial charge in [-0.15, -0.1) is 0 Å². The Morgan fingerprint density at radius 2 is 1.33 bits per heavy atom. The first kappa shape index (κ1) is 15.9. The van der Waals surface area contributed by atoms with Crippen LogP contribution in [0.5, 0.6) is 0 Å². The Kier molecular flexibility index (Phi) is 10.6. The summed E-state index contributed by atoms with van der Waals surface area (Å²) in [7, 11) is 0. The van der Waals surface area contributed by atoms with Gasteiger partial charge in [0.1, 0.15) is 0 Å². The summed E-state index contributed by atoms with van der Waals surface area (Å²) < 4.78 is 10.8. The number of rotatable bonds is 10. The molecule has 5 heteroatoms. The lowest BCUT2D eigenvalue weighted by atomic mass is 10.3. The maximum absolute atomic E-state index is 5.98. The monoisotopic (exact) mass is 272 g/mol. The number of hydrogen-bond acceptors (Lipinski definition) is 3. The summed E-state index contributed by atoms with van der Waals surface area (Å²) in [5.41, 5.74) is 0. The van der Waals surface area contributed by atoms with E-state index in [1.165, 1.54) is 12.8 Å². The quantitative estimate of drug-likeness (QED) is 0.418. The molecular weight excluding hydrogens is 251 g/mol. The molecule has 92 valence electrons. The van der Waals surface area contributed by atoms with E-state index in [9.17, 15) is 0 Å². The Hall–Kier alpha value is 0.860. The normalized spacial score (nSPS) is 11.9. The van der Waals surface area contributed by atoms with Crippen LogP contribution in [0.25, 0.3) is 0 Å². The fourth-order valence-corrected chi connectivity index (χ4v) is 2.72. The van der Waals surface area contributed by atoms with Crippen LogP contribution in [0, 0.1) is 0 Å². The van der Waals surface area contributed by atoms with Crippen LogP contribution < -0.4 is 0 Å². The van der Waals surface area contributed by atoms with Gasteiger partial charge in [-0.1, -0.05) is 39.5 Å². The van der Waals surface area contributed by atoms with Crippen molar-refractivity contribution in [3.05, 3.63) is 0 Å². The Balaban J connectivity index is 3.45. The van der Waals surface area contributed by atoms with Gasteiger partial charge in [0.05, 0.1) is 13.2 Å². The van der Waals surface area contributed by atoms with Gasteiger partial charge in [0.25, 0.3) is 5.84 Å². The summed E-state index contributed by atoms with van der Waals surface area (Å²) in [5.74, 6) is -2.47. The lowest BCUT2D eigenvalue weighted by Gasteiger charge is -2.14. The lowest BCUT2D eigenvalue weighted by molar-refractivity contribution is 0.249. The number of halogens is 1. The summed E-state index contributed by atoms with van der Waals surface area (Å²) in [6.07, 6.45) is 6.68. The van der Waals surface area contributed by atoms with Gasteiger partial charge >= 0.3 is 0 Å². The van der Waals surface area contributed by atoms with Crippen LogP contribution >= 0.6 is 17.1 Å². The molecule has 0 aliphatic carbocycles. The summed E-state index contributed by atoms with van der Waals surface area (Å²) in [6, 6.07) is 0. The molecule has 0 atom stereocenters. The van der Waals surface area contributed by atoms with Crippen molar-refractivity contribution in [1.29, 1.82) is 0 Å². The largest absolute Gasteiger partial charge is 0.318 e. The van der Waals surface area contributed by atoms with Crippen molar-refractivity contribution in [2.45, 2.75) is 52.4 Å². The van der Waals surface area contributed by atoms with Gasteiger partial charge in [-0.3, -0.25) is 0 Å². The Morgan fingerprint density at radius 3 is 1.67 bits per heavy atom. The summed E-state index contributed by atoms with van der Waals surface area (Å²) in [5, 5.41) is 0. The van der Waals surface area contributed by atoms with Gasteiger partial charge in [-0.2, -0.15) is 0 Å². The van der Waals surface area contributed by atoms with Gasteiger partial charge in [-0.25, -0.2) is 0 Å². The second-order valence-electron chi connectivity index (χ2n) is 3.51. The first-order valence-electron chi connectivity index (χ1n) is 5.71. The highest BCUT2D eigenvalue weighted by Crippen LogP contribution is 2.54. The minimum atomic E-state index is -2.47. The van der Waals surface area contributed by atoms with E-state index >= 15 is 0 Å². The third kappa shape index (κ3) is 11.1. The highest BCUT2D eigenvalue weighted by atomic mass is 35.7. The van der Waals surface area contributed by atoms with E-state index in [4.69, 9.17) is 32.1 Å². The summed E-state index contributed by atoms with van der Waals surface area (Å²) in [4.78, 5) is 0. The maximum atomic E-state index is 5.98. The fourth-order valence-electron chi connectivity index (χ4n) is 1.09. The molecule has 0 saturated carbocycles. The maximum Gasteiger partial charge on any atom is 0.281 e. The van der Waals surface area contributed by atoms with Crippen LogP contribution in [-0.2, 0) is 20.9 Å². The first-order chi connectivity index (χ1) is 7.12. The van der Waals surface area contributed by atoms with Crippen molar-refractivity contribution in [1.82, 2.24) is 0 Å². The Morgan fingerprint density at radius 1 is 0.933 bits per heavy atom. The molecule has 0 bridgehead atoms. The van der Waals surface area contributed by atoms with Crippen LogP contribution in [0.4, 0.5) is 0 Å². The van der Waals surface area contributed by atoms with E-state index in [1.807, 2.05) is 0 Å². The Labute approximate surface area is 104 Å². The smallest absolute Gasteiger partial charge is 0.281 e. The molecule has 0 aliphatic rings. The molecule has 0 N–H and O–H groups in total. The lowest BCUT2D eigenvalue weighted by Crippen LogP contribution is -1.95. The average Bonchev–Trinajstić information content (AvgIpc) is 2.20. The molecule has 2 nitrogen and oxygen atoms in total. The van der Waals surface area contributed by atoms with E-state index in [0.717, 1.165) is 25.7 Å². The molecule has 0 aromatic heterocycles. The average molecular weight is 273 g/mol. The molecule has 0 rings (SSSR count). The third-order valence-electron chi connectivity index (χ3n) is 1.99. The zero-order valence-electron chi connectivity index (χ0n) is 9.71. The van der Waals surface area contributed by atoms with Crippen molar-refractivity contribution in [3.8, 4) is 0 Å². The number of hydrogen-bond donors (Lipinski definition) is 0. The second-order valence-corrected chi connectivity index (χ2v) is 8.27. The molecule has 0 radical (unpaired) electrons. The molecule has 0 aromatic rings. The fraction of sp³-hybridized carbons (Fsp3) is 1.00. The topological polar surface area (TPSA) is 18.5 Å². The molecule has 0 saturated heterocycles. The molecule has 0 unspecified atom stereocenters. The summed E-state index contributed by atoms with van der Waals surface area (Å²) >= 11 is 11.1. The SMILES string of the molecule is CCCCCOP(=S)(Cl)OCCCCC. The van der Waals surface area contributed by atoms with Crippen molar-refractivity contribution in [2.24, 2.45) is 0 Å². The van der Waals surface area contributed by atoms with Crippen LogP contribution in [0.15, 0.2) is 0 Å². The molecule has 0 amide bonds. The minimum Gasteiger partial charge on any atom is -0.318 e. The molecule has 0 heterocycles. The van der Waals surface area contributed by atoms with E-state index < -0.39 is 5.84 Å². The van der Waals surface area contributed by atoms with Crippen LogP contribution in [-0.4, -0.2) is 13.2 Å². The standard InChI is InChI=1S/C10H22ClO2PS/c1-3-5-7-9-12-14(11,15)13-10-8-6-4-2/h3-10H2,1-2H3. The van der Waals surface area contributed by atoms with Crippen LogP contribution in [0.2, 0.25) is 0 Å². The Bertz CT molecular complexity index is 174. The van der Waals surface area contributed by atoms with Gasteiger partial charge in [-0.05, 0) is 35.9 Å². The predicted octanol–water partition coefficient (Wildman–Crippen LogP) is 4.86. The highest BCUT2D eigenvalue weighted by Gasteiger charge is 2.13. The molecule has 15 heavy (non-hydrogen) atoms. The highest BCUT2D eigenvalue weighted by molar-refractivity contribution is 8.22. The van der Waals surface area contributed by atoms with Crippen molar-refractivity contribution in [3.63, 3.8) is 0 Å². The van der Waals surface area contributed by atoms with Gasteiger partial charge in [0.2, 0.25) is 0 Å². The van der Waals surface area contributed by atoms with E-state index in [1.54, 1.807) is 0 Å². The minimum absolute atomic E-state index is 0.627. The first-order valence-corrected chi connectivity index (χ1v) is 9.25.